The molecule has 0 spiro atoms. The van der Waals surface area contributed by atoms with Crippen LogP contribution in [0.3, 0.4) is 0 Å². The fraction of sp³-hybridized carbons (Fsp3) is 0.583. The van der Waals surface area contributed by atoms with E-state index < -0.39 is 41.5 Å². The van der Waals surface area contributed by atoms with Gasteiger partial charge in [-0.2, -0.15) is 4.98 Å². The molecule has 1 aliphatic rings. The van der Waals surface area contributed by atoms with Gasteiger partial charge in [0.05, 0.1) is 6.10 Å². The van der Waals surface area contributed by atoms with Crippen LogP contribution in [0.4, 0.5) is 0 Å². The lowest BCUT2D eigenvalue weighted by molar-refractivity contribution is -0.0782. The maximum absolute atomic E-state index is 11.8. The molecule has 1 saturated heterocycles. The quantitative estimate of drug-likeness (QED) is 0.434. The van der Waals surface area contributed by atoms with Gasteiger partial charge in [-0.25, -0.2) is 9.59 Å². The molecule has 0 radical (unpaired) electrons. The Morgan fingerprint density at radius 3 is 2.81 bits per heavy atom. The van der Waals surface area contributed by atoms with Crippen molar-refractivity contribution >= 4 is 0 Å². The van der Waals surface area contributed by atoms with E-state index in [1.54, 1.807) is 0 Å². The van der Waals surface area contributed by atoms with Crippen molar-refractivity contribution in [2.24, 2.45) is 5.73 Å². The third-order valence-corrected chi connectivity index (χ3v) is 3.31. The number of nitrogens with one attached hydrogen (secondary N) is 1. The summed E-state index contributed by atoms with van der Waals surface area (Å²) in [5, 5.41) is 19.9. The number of H-pyrrole nitrogens is 1. The lowest BCUT2D eigenvalue weighted by Crippen LogP contribution is -2.55. The topological polar surface area (TPSA) is 143 Å². The van der Waals surface area contributed by atoms with Gasteiger partial charge in [-0.15, -0.1) is 5.92 Å². The summed E-state index contributed by atoms with van der Waals surface area (Å²) in [6.07, 6.45) is -3.62. The van der Waals surface area contributed by atoms with Crippen LogP contribution >= 0.6 is 0 Å². The average molecular weight is 296 g/mol. The van der Waals surface area contributed by atoms with Gasteiger partial charge in [-0.1, -0.05) is 5.92 Å². The van der Waals surface area contributed by atoms with Crippen molar-refractivity contribution in [2.45, 2.75) is 43.9 Å². The number of aromatic nitrogens is 3. The Bertz CT molecular complexity index is 700. The highest BCUT2D eigenvalue weighted by Gasteiger charge is 2.55. The number of nitrogens with zero attached hydrogens (tertiary/aromatic N) is 2. The van der Waals surface area contributed by atoms with E-state index in [9.17, 15) is 19.8 Å². The van der Waals surface area contributed by atoms with Crippen molar-refractivity contribution in [3.8, 4) is 11.8 Å². The summed E-state index contributed by atoms with van der Waals surface area (Å²) in [6.45, 7) is 2.94. The third kappa shape index (κ3) is 2.50. The molecule has 0 aromatic carbocycles. The molecule has 9 nitrogen and oxygen atoms in total. The summed E-state index contributed by atoms with van der Waals surface area (Å²) < 4.78 is 6.41. The van der Waals surface area contributed by atoms with E-state index in [1.807, 2.05) is 4.98 Å². The predicted molar refractivity (Wildman–Crippen MR) is 71.1 cm³/mol. The maximum atomic E-state index is 11.8. The molecule has 9 heteroatoms. The Kier molecular flexibility index (Phi) is 3.97. The number of rotatable bonds is 2. The van der Waals surface area contributed by atoms with Gasteiger partial charge in [0.2, 0.25) is 0 Å². The second-order valence-electron chi connectivity index (χ2n) is 4.83. The van der Waals surface area contributed by atoms with Gasteiger partial charge >= 0.3 is 11.4 Å². The molecule has 0 aliphatic carbocycles. The highest BCUT2D eigenvalue weighted by Crippen LogP contribution is 2.36. The van der Waals surface area contributed by atoms with Gasteiger partial charge in [0, 0.05) is 0 Å². The smallest absolute Gasteiger partial charge is 0.350 e. The summed E-state index contributed by atoms with van der Waals surface area (Å²) in [5.74, 6) is 5.17. The zero-order chi connectivity index (χ0) is 15.8. The Morgan fingerprint density at radius 2 is 2.29 bits per heavy atom. The average Bonchev–Trinajstić information content (AvgIpc) is 2.64. The summed E-state index contributed by atoms with van der Waals surface area (Å²) >= 11 is 0. The molecule has 5 atom stereocenters. The number of nitrogens with two attached hydrogens (primary N) is 1. The maximum Gasteiger partial charge on any atom is 0.350 e. The molecule has 2 rings (SSSR count). The van der Waals surface area contributed by atoms with E-state index >= 15 is 0 Å². The predicted octanol–water partition coefficient (Wildman–Crippen LogP) is -2.71. The molecule has 1 fully saturated rings. The van der Waals surface area contributed by atoms with Gasteiger partial charge in [-0.3, -0.25) is 9.55 Å². The van der Waals surface area contributed by atoms with Crippen molar-refractivity contribution in [3.05, 3.63) is 27.3 Å². The number of aromatic amines is 1. The Morgan fingerprint density at radius 1 is 1.62 bits per heavy atom. The van der Waals surface area contributed by atoms with Crippen LogP contribution in [-0.4, -0.2) is 48.6 Å². The molecule has 5 N–H and O–H groups in total. The minimum atomic E-state index is -1.62. The van der Waals surface area contributed by atoms with Crippen LogP contribution in [0.5, 0.6) is 0 Å². The number of hydrogen-bond acceptors (Lipinski definition) is 7. The number of aliphatic hydroxyl groups excluding tert-OH is 2. The van der Waals surface area contributed by atoms with Crippen LogP contribution < -0.4 is 17.1 Å². The van der Waals surface area contributed by atoms with Gasteiger partial charge in [-0.05, 0) is 13.8 Å². The van der Waals surface area contributed by atoms with Crippen LogP contribution in [0.1, 0.15) is 20.1 Å². The summed E-state index contributed by atoms with van der Waals surface area (Å²) in [7, 11) is 0. The molecular weight excluding hydrogens is 280 g/mol. The van der Waals surface area contributed by atoms with Crippen LogP contribution in [0, 0.1) is 11.8 Å². The highest BCUT2D eigenvalue weighted by atomic mass is 16.5. The van der Waals surface area contributed by atoms with E-state index in [0.29, 0.717) is 0 Å². The fourth-order valence-corrected chi connectivity index (χ4v) is 2.30. The van der Waals surface area contributed by atoms with Crippen molar-refractivity contribution < 1.29 is 14.9 Å². The standard InChI is InChI=1S/C12H16N4O5/c1-3-4-12(13)8(18)7(6(2)17)21-9(12)16-5-14-10(19)15-11(16)20/h5-9,17-18H,13H2,1-2H3,(H,15,19,20)/t6-,7+,8?,9+,12+/m0/s1. The SMILES string of the molecule is CC#C[C@@]1(N)C(O)[C@@H]([C@H](C)O)O[C@H]1n1cnc(=O)[nH]c1=O. The lowest BCUT2D eigenvalue weighted by atomic mass is 9.90. The monoisotopic (exact) mass is 296 g/mol. The molecular formula is C12H16N4O5. The molecule has 21 heavy (non-hydrogen) atoms. The summed E-state index contributed by atoms with van der Waals surface area (Å²) in [6, 6.07) is 0. The van der Waals surface area contributed by atoms with E-state index in [0.717, 1.165) is 10.9 Å². The number of hydrogen-bond donors (Lipinski definition) is 4. The first-order valence-corrected chi connectivity index (χ1v) is 6.23. The van der Waals surface area contributed by atoms with Crippen molar-refractivity contribution in [1.82, 2.24) is 14.5 Å². The van der Waals surface area contributed by atoms with E-state index in [1.165, 1.54) is 13.8 Å². The molecule has 1 aliphatic heterocycles. The Balaban J connectivity index is 2.56. The minimum absolute atomic E-state index is 0.800. The molecule has 1 aromatic rings. The molecule has 0 amide bonds. The first-order chi connectivity index (χ1) is 9.81. The second kappa shape index (κ2) is 5.42. The van der Waals surface area contributed by atoms with Gasteiger partial charge in [0.25, 0.3) is 0 Å². The molecule has 0 bridgehead atoms. The highest BCUT2D eigenvalue weighted by molar-refractivity contribution is 5.25. The number of ether oxygens (including phenoxy) is 1. The molecule has 0 saturated carbocycles. The Labute approximate surface area is 119 Å². The van der Waals surface area contributed by atoms with Crippen molar-refractivity contribution in [3.63, 3.8) is 0 Å². The minimum Gasteiger partial charge on any atom is -0.391 e. The normalized spacial score (nSPS) is 33.3. The van der Waals surface area contributed by atoms with Crippen molar-refractivity contribution in [1.29, 1.82) is 0 Å². The van der Waals surface area contributed by atoms with E-state index in [-0.39, 0.29) is 0 Å². The summed E-state index contributed by atoms with van der Waals surface area (Å²) in [5.41, 5.74) is 2.85. The lowest BCUT2D eigenvalue weighted by Gasteiger charge is -2.27. The van der Waals surface area contributed by atoms with Gasteiger partial charge in [0.15, 0.2) is 11.8 Å². The van der Waals surface area contributed by atoms with Crippen LogP contribution in [0.25, 0.3) is 0 Å². The van der Waals surface area contributed by atoms with E-state index in [2.05, 4.69) is 16.8 Å². The van der Waals surface area contributed by atoms with E-state index in [4.69, 9.17) is 10.5 Å². The third-order valence-electron chi connectivity index (χ3n) is 3.31. The largest absolute Gasteiger partial charge is 0.391 e. The van der Waals surface area contributed by atoms with Crippen LogP contribution in [0.2, 0.25) is 0 Å². The molecule has 1 aromatic heterocycles. The Hall–Kier alpha value is -1.99. The fourth-order valence-electron chi connectivity index (χ4n) is 2.30. The summed E-state index contributed by atoms with van der Waals surface area (Å²) in [4.78, 5) is 28.3. The molecule has 114 valence electrons. The van der Waals surface area contributed by atoms with Crippen molar-refractivity contribution in [2.75, 3.05) is 0 Å². The molecule has 2 heterocycles. The zero-order valence-electron chi connectivity index (χ0n) is 11.5. The molecule has 1 unspecified atom stereocenters. The first-order valence-electron chi connectivity index (χ1n) is 6.23. The zero-order valence-corrected chi connectivity index (χ0v) is 11.5. The van der Waals surface area contributed by atoms with Gasteiger partial charge < -0.3 is 20.7 Å². The van der Waals surface area contributed by atoms with Crippen LogP contribution in [0.15, 0.2) is 15.9 Å². The first kappa shape index (κ1) is 15.4. The van der Waals surface area contributed by atoms with Gasteiger partial charge in [0.1, 0.15) is 18.5 Å². The van der Waals surface area contributed by atoms with Crippen LogP contribution in [-0.2, 0) is 4.74 Å². The number of aliphatic hydroxyl groups is 2. The second-order valence-corrected chi connectivity index (χ2v) is 4.83.